The summed E-state index contributed by atoms with van der Waals surface area (Å²) in [4.78, 5) is 12.2. The molecule has 1 amide bonds. The molecule has 29 heavy (non-hydrogen) atoms. The fourth-order valence-corrected chi connectivity index (χ4v) is 3.48. The molecular weight excluding hydrogens is 391 g/mol. The minimum Gasteiger partial charge on any atom is -0.496 e. The Morgan fingerprint density at radius 3 is 2.72 bits per heavy atom. The number of hydrogen-bond donors (Lipinski definition) is 1. The molecule has 1 heterocycles. The predicted octanol–water partition coefficient (Wildman–Crippen LogP) is 3.69. The van der Waals surface area contributed by atoms with E-state index in [2.05, 4.69) is 22.1 Å². The molecule has 1 aromatic heterocycles. The zero-order valence-corrected chi connectivity index (χ0v) is 16.8. The maximum atomic E-state index is 12.9. The first-order valence-corrected chi connectivity index (χ1v) is 9.92. The van der Waals surface area contributed by atoms with Crippen LogP contribution in [-0.4, -0.2) is 33.5 Å². The Morgan fingerprint density at radius 1 is 1.24 bits per heavy atom. The van der Waals surface area contributed by atoms with E-state index in [0.29, 0.717) is 29.8 Å². The van der Waals surface area contributed by atoms with Gasteiger partial charge in [-0.15, -0.1) is 16.8 Å². The maximum Gasteiger partial charge on any atom is 0.230 e. The molecule has 0 aliphatic carbocycles. The van der Waals surface area contributed by atoms with Gasteiger partial charge >= 0.3 is 0 Å². The van der Waals surface area contributed by atoms with Crippen LogP contribution in [-0.2, 0) is 17.9 Å². The van der Waals surface area contributed by atoms with Crippen LogP contribution in [0, 0.1) is 5.82 Å². The summed E-state index contributed by atoms with van der Waals surface area (Å²) >= 11 is 1.29. The summed E-state index contributed by atoms with van der Waals surface area (Å²) in [5.41, 5.74) is 1.65. The number of benzene rings is 2. The van der Waals surface area contributed by atoms with Crippen LogP contribution in [0.15, 0.2) is 66.3 Å². The van der Waals surface area contributed by atoms with Crippen LogP contribution in [0.5, 0.6) is 5.75 Å². The summed E-state index contributed by atoms with van der Waals surface area (Å²) in [6, 6.07) is 13.6. The number of nitrogens with one attached hydrogen (secondary N) is 1. The lowest BCUT2D eigenvalue weighted by Gasteiger charge is -2.10. The van der Waals surface area contributed by atoms with Crippen molar-refractivity contribution in [1.29, 1.82) is 0 Å². The van der Waals surface area contributed by atoms with Crippen LogP contribution in [0.4, 0.5) is 4.39 Å². The van der Waals surface area contributed by atoms with Crippen molar-refractivity contribution < 1.29 is 13.9 Å². The zero-order chi connectivity index (χ0) is 20.6. The Bertz CT molecular complexity index is 989. The van der Waals surface area contributed by atoms with Crippen LogP contribution >= 0.6 is 11.8 Å². The van der Waals surface area contributed by atoms with Gasteiger partial charge in [0.05, 0.1) is 18.4 Å². The molecule has 0 fully saturated rings. The molecule has 3 rings (SSSR count). The van der Waals surface area contributed by atoms with Gasteiger partial charge in [0, 0.05) is 13.1 Å². The molecule has 1 N–H and O–H groups in total. The quantitative estimate of drug-likeness (QED) is 0.429. The van der Waals surface area contributed by atoms with Crippen LogP contribution in [0.1, 0.15) is 5.56 Å². The summed E-state index contributed by atoms with van der Waals surface area (Å²) in [5.74, 6) is 1.08. The van der Waals surface area contributed by atoms with Crippen molar-refractivity contribution in [2.75, 3.05) is 12.9 Å². The highest BCUT2D eigenvalue weighted by Gasteiger charge is 2.17. The SMILES string of the molecule is C=CCn1c(SCC(=O)NCc2ccc(F)cc2)nnc1-c1ccccc1OC. The van der Waals surface area contributed by atoms with Gasteiger partial charge in [0.2, 0.25) is 5.91 Å². The van der Waals surface area contributed by atoms with Gasteiger partial charge in [-0.05, 0) is 29.8 Å². The molecule has 0 aliphatic heterocycles. The topological polar surface area (TPSA) is 69.0 Å². The summed E-state index contributed by atoms with van der Waals surface area (Å²) < 4.78 is 20.3. The number of rotatable bonds is 9. The van der Waals surface area contributed by atoms with Gasteiger partial charge in [0.25, 0.3) is 0 Å². The summed E-state index contributed by atoms with van der Waals surface area (Å²) in [6.45, 7) is 4.63. The van der Waals surface area contributed by atoms with E-state index in [1.54, 1.807) is 25.3 Å². The number of ether oxygens (including phenoxy) is 1. The summed E-state index contributed by atoms with van der Waals surface area (Å²) in [5, 5.41) is 12.0. The van der Waals surface area contributed by atoms with Crippen molar-refractivity contribution in [3.63, 3.8) is 0 Å². The average Bonchev–Trinajstić information content (AvgIpc) is 3.14. The molecule has 0 spiro atoms. The van der Waals surface area contributed by atoms with E-state index in [1.807, 2.05) is 28.8 Å². The smallest absolute Gasteiger partial charge is 0.230 e. The van der Waals surface area contributed by atoms with Crippen molar-refractivity contribution >= 4 is 17.7 Å². The molecule has 0 unspecified atom stereocenters. The lowest BCUT2D eigenvalue weighted by Crippen LogP contribution is -2.24. The first kappa shape index (κ1) is 20.6. The zero-order valence-electron chi connectivity index (χ0n) is 16.0. The monoisotopic (exact) mass is 412 g/mol. The van der Waals surface area contributed by atoms with Crippen LogP contribution in [0.2, 0.25) is 0 Å². The van der Waals surface area contributed by atoms with Crippen molar-refractivity contribution in [1.82, 2.24) is 20.1 Å². The van der Waals surface area contributed by atoms with Gasteiger partial charge in [-0.3, -0.25) is 9.36 Å². The maximum absolute atomic E-state index is 12.9. The Hall–Kier alpha value is -3.13. The van der Waals surface area contributed by atoms with Gasteiger partial charge in [-0.25, -0.2) is 4.39 Å². The Labute approximate surface area is 172 Å². The number of aromatic nitrogens is 3. The molecular formula is C21H21FN4O2S. The Balaban J connectivity index is 1.67. The number of hydrogen-bond acceptors (Lipinski definition) is 5. The number of carbonyl (C=O) groups excluding carboxylic acids is 1. The number of thioether (sulfide) groups is 1. The molecule has 0 bridgehead atoms. The molecule has 150 valence electrons. The molecule has 0 saturated heterocycles. The highest BCUT2D eigenvalue weighted by molar-refractivity contribution is 7.99. The van der Waals surface area contributed by atoms with E-state index in [9.17, 15) is 9.18 Å². The van der Waals surface area contributed by atoms with E-state index in [0.717, 1.165) is 11.1 Å². The molecule has 0 saturated carbocycles. The first-order chi connectivity index (χ1) is 14.1. The van der Waals surface area contributed by atoms with Crippen LogP contribution in [0.25, 0.3) is 11.4 Å². The molecule has 2 aromatic carbocycles. The largest absolute Gasteiger partial charge is 0.496 e. The van der Waals surface area contributed by atoms with Crippen molar-refractivity contribution in [3.05, 3.63) is 72.6 Å². The number of allylic oxidation sites excluding steroid dienone is 1. The van der Waals surface area contributed by atoms with Gasteiger partial charge in [0.1, 0.15) is 11.6 Å². The molecule has 3 aromatic rings. The van der Waals surface area contributed by atoms with E-state index >= 15 is 0 Å². The first-order valence-electron chi connectivity index (χ1n) is 8.93. The molecule has 6 nitrogen and oxygen atoms in total. The second-order valence-corrected chi connectivity index (χ2v) is 7.04. The van der Waals surface area contributed by atoms with Crippen molar-refractivity contribution in [2.45, 2.75) is 18.2 Å². The number of para-hydroxylation sites is 1. The van der Waals surface area contributed by atoms with Crippen molar-refractivity contribution in [2.24, 2.45) is 0 Å². The minimum atomic E-state index is -0.303. The number of amides is 1. The van der Waals surface area contributed by atoms with Crippen LogP contribution in [0.3, 0.4) is 0 Å². The lowest BCUT2D eigenvalue weighted by atomic mass is 10.2. The number of nitrogens with zero attached hydrogens (tertiary/aromatic N) is 3. The minimum absolute atomic E-state index is 0.147. The third-order valence-electron chi connectivity index (χ3n) is 4.11. The van der Waals surface area contributed by atoms with Gasteiger partial charge in [-0.1, -0.05) is 42.1 Å². The number of halogens is 1. The summed E-state index contributed by atoms with van der Waals surface area (Å²) in [6.07, 6.45) is 1.75. The van der Waals surface area contributed by atoms with Gasteiger partial charge < -0.3 is 10.1 Å². The van der Waals surface area contributed by atoms with Gasteiger partial charge in [0.15, 0.2) is 11.0 Å². The van der Waals surface area contributed by atoms with Crippen LogP contribution < -0.4 is 10.1 Å². The molecule has 0 aliphatic rings. The third kappa shape index (κ3) is 5.23. The highest BCUT2D eigenvalue weighted by atomic mass is 32.2. The highest BCUT2D eigenvalue weighted by Crippen LogP contribution is 2.30. The normalized spacial score (nSPS) is 10.6. The van der Waals surface area contributed by atoms with E-state index < -0.39 is 0 Å². The molecule has 0 radical (unpaired) electrons. The lowest BCUT2D eigenvalue weighted by molar-refractivity contribution is -0.118. The van der Waals surface area contributed by atoms with E-state index in [1.165, 1.54) is 23.9 Å². The molecule has 0 atom stereocenters. The predicted molar refractivity (Wildman–Crippen MR) is 111 cm³/mol. The molecule has 8 heteroatoms. The second-order valence-electron chi connectivity index (χ2n) is 6.10. The van der Waals surface area contributed by atoms with Crippen molar-refractivity contribution in [3.8, 4) is 17.1 Å². The third-order valence-corrected chi connectivity index (χ3v) is 5.08. The summed E-state index contributed by atoms with van der Waals surface area (Å²) in [7, 11) is 1.61. The fourth-order valence-electron chi connectivity index (χ4n) is 2.70. The Kier molecular flexibility index (Phi) is 7.02. The van der Waals surface area contributed by atoms with E-state index in [-0.39, 0.29) is 17.5 Å². The fraction of sp³-hybridized carbons (Fsp3) is 0.190. The van der Waals surface area contributed by atoms with Gasteiger partial charge in [-0.2, -0.15) is 0 Å². The Morgan fingerprint density at radius 2 is 2.00 bits per heavy atom. The average molecular weight is 412 g/mol. The number of methoxy groups -OCH3 is 1. The standard InChI is InChI=1S/C21H21FN4O2S/c1-3-12-26-20(17-6-4-5-7-18(17)28-2)24-25-21(26)29-14-19(27)23-13-15-8-10-16(22)11-9-15/h3-11H,1,12-14H2,2H3,(H,23,27). The second kappa shape index (κ2) is 9.88. The number of carbonyl (C=O) groups is 1. The van der Waals surface area contributed by atoms with E-state index in [4.69, 9.17) is 4.74 Å².